The second-order valence-corrected chi connectivity index (χ2v) is 10.1. The van der Waals surface area contributed by atoms with E-state index in [1.54, 1.807) is 13.2 Å². The molecule has 3 heterocycles. The van der Waals surface area contributed by atoms with Crippen LogP contribution in [0.3, 0.4) is 0 Å². The van der Waals surface area contributed by atoms with Crippen molar-refractivity contribution in [1.82, 2.24) is 24.6 Å². The molecule has 4 aromatic rings. The number of methoxy groups -OCH3 is 1. The Kier molecular flexibility index (Phi) is 10.1. The van der Waals surface area contributed by atoms with E-state index < -0.39 is 23.1 Å². The predicted octanol–water partition coefficient (Wildman–Crippen LogP) is 3.15. The minimum atomic E-state index is -0.776. The summed E-state index contributed by atoms with van der Waals surface area (Å²) in [6.07, 6.45) is 2.71. The molecule has 2 aromatic heterocycles. The molecule has 2 aromatic carbocycles. The summed E-state index contributed by atoms with van der Waals surface area (Å²) in [6, 6.07) is 11.7. The maximum absolute atomic E-state index is 15.1. The van der Waals surface area contributed by atoms with Crippen LogP contribution in [0.25, 0.3) is 5.69 Å². The summed E-state index contributed by atoms with van der Waals surface area (Å²) in [5, 5.41) is 6.46. The van der Waals surface area contributed by atoms with Crippen LogP contribution < -0.4 is 21.3 Å². The van der Waals surface area contributed by atoms with Crippen LogP contribution in [0.1, 0.15) is 15.9 Å². The zero-order valence-electron chi connectivity index (χ0n) is 24.5. The number of benzene rings is 2. The van der Waals surface area contributed by atoms with Crippen LogP contribution in [-0.4, -0.2) is 83.5 Å². The third-order valence-electron chi connectivity index (χ3n) is 7.11. The van der Waals surface area contributed by atoms with Gasteiger partial charge in [0.2, 0.25) is 0 Å². The summed E-state index contributed by atoms with van der Waals surface area (Å²) in [7, 11) is 1.70. The molecular formula is C32H31F2N7O4. The van der Waals surface area contributed by atoms with Gasteiger partial charge in [0.1, 0.15) is 28.5 Å². The van der Waals surface area contributed by atoms with Crippen LogP contribution in [-0.2, 0) is 4.74 Å². The van der Waals surface area contributed by atoms with Gasteiger partial charge in [-0.05, 0) is 42.5 Å². The molecular weight excluding hydrogens is 584 g/mol. The second kappa shape index (κ2) is 14.5. The zero-order chi connectivity index (χ0) is 31.8. The van der Waals surface area contributed by atoms with E-state index in [-0.39, 0.29) is 34.3 Å². The molecule has 0 bridgehead atoms. The van der Waals surface area contributed by atoms with Gasteiger partial charge in [-0.2, -0.15) is 9.78 Å². The number of anilines is 2. The number of carbonyl (C=O) groups is 1. The SMILES string of the molecule is COCCN1CCN(CC#Cc2c(Oc3ccc(NC(=O)c4ccnn(-c5ccc(F)cc5)c4=O)cc3F)ccnc2N)CC1. The summed E-state index contributed by atoms with van der Waals surface area (Å²) < 4.78 is 40.4. The molecule has 0 radical (unpaired) electrons. The third kappa shape index (κ3) is 7.87. The fraction of sp³-hybridized carbons (Fsp3) is 0.250. The number of ether oxygens (including phenoxy) is 2. The summed E-state index contributed by atoms with van der Waals surface area (Å²) in [5.41, 5.74) is 5.82. The van der Waals surface area contributed by atoms with Crippen molar-refractivity contribution in [3.63, 3.8) is 0 Å². The summed E-state index contributed by atoms with van der Waals surface area (Å²) >= 11 is 0. The summed E-state index contributed by atoms with van der Waals surface area (Å²) in [5.74, 6) is 4.37. The van der Waals surface area contributed by atoms with Gasteiger partial charge in [-0.15, -0.1) is 0 Å². The fourth-order valence-electron chi connectivity index (χ4n) is 4.63. The van der Waals surface area contributed by atoms with Crippen LogP contribution in [0.5, 0.6) is 11.5 Å². The third-order valence-corrected chi connectivity index (χ3v) is 7.11. The van der Waals surface area contributed by atoms with Crippen molar-refractivity contribution < 1.29 is 23.0 Å². The van der Waals surface area contributed by atoms with Crippen molar-refractivity contribution >= 4 is 17.4 Å². The molecule has 0 spiro atoms. The normalized spacial score (nSPS) is 13.6. The second-order valence-electron chi connectivity index (χ2n) is 10.1. The van der Waals surface area contributed by atoms with Crippen LogP contribution in [0.4, 0.5) is 20.3 Å². The van der Waals surface area contributed by atoms with Crippen LogP contribution in [0.2, 0.25) is 0 Å². The largest absolute Gasteiger partial charge is 0.453 e. The Labute approximate surface area is 258 Å². The molecule has 1 saturated heterocycles. The first-order chi connectivity index (χ1) is 21.8. The highest BCUT2D eigenvalue weighted by molar-refractivity contribution is 6.04. The fourth-order valence-corrected chi connectivity index (χ4v) is 4.63. The summed E-state index contributed by atoms with van der Waals surface area (Å²) in [4.78, 5) is 34.5. The maximum Gasteiger partial charge on any atom is 0.284 e. The Morgan fingerprint density at radius 3 is 2.49 bits per heavy atom. The number of pyridine rings is 1. The topological polar surface area (TPSA) is 128 Å². The van der Waals surface area contributed by atoms with Crippen LogP contribution in [0, 0.1) is 23.5 Å². The molecule has 11 nitrogen and oxygen atoms in total. The first kappa shape index (κ1) is 31.3. The smallest absolute Gasteiger partial charge is 0.284 e. The lowest BCUT2D eigenvalue weighted by Gasteiger charge is -2.33. The van der Waals surface area contributed by atoms with Gasteiger partial charge in [-0.3, -0.25) is 19.4 Å². The molecule has 1 aliphatic rings. The Morgan fingerprint density at radius 2 is 1.76 bits per heavy atom. The minimum absolute atomic E-state index is 0.0889. The molecule has 232 valence electrons. The molecule has 0 aliphatic carbocycles. The van der Waals surface area contributed by atoms with Crippen molar-refractivity contribution in [1.29, 1.82) is 0 Å². The Bertz CT molecular complexity index is 1780. The van der Waals surface area contributed by atoms with Gasteiger partial charge in [0, 0.05) is 70.0 Å². The van der Waals surface area contributed by atoms with E-state index in [0.29, 0.717) is 18.7 Å². The van der Waals surface area contributed by atoms with Crippen LogP contribution >= 0.6 is 0 Å². The Balaban J connectivity index is 1.25. The van der Waals surface area contributed by atoms with Crippen LogP contribution in [0.15, 0.2) is 71.8 Å². The van der Waals surface area contributed by atoms with Gasteiger partial charge in [-0.1, -0.05) is 11.8 Å². The van der Waals surface area contributed by atoms with Gasteiger partial charge in [0.05, 0.1) is 18.8 Å². The first-order valence-corrected chi connectivity index (χ1v) is 14.1. The highest BCUT2D eigenvalue weighted by atomic mass is 19.1. The molecule has 1 fully saturated rings. The molecule has 3 N–H and O–H groups in total. The van der Waals surface area contributed by atoms with E-state index in [1.165, 1.54) is 54.9 Å². The number of nitrogen functional groups attached to an aromatic ring is 1. The van der Waals surface area contributed by atoms with E-state index in [4.69, 9.17) is 15.2 Å². The Hall–Kier alpha value is -5.16. The number of nitrogens with one attached hydrogen (secondary N) is 1. The lowest BCUT2D eigenvalue weighted by atomic mass is 10.2. The van der Waals surface area contributed by atoms with E-state index in [0.717, 1.165) is 43.5 Å². The van der Waals surface area contributed by atoms with E-state index in [2.05, 4.69) is 37.0 Å². The molecule has 45 heavy (non-hydrogen) atoms. The average Bonchev–Trinajstić information content (AvgIpc) is 3.03. The molecule has 13 heteroatoms. The number of nitrogens with zero attached hydrogens (tertiary/aromatic N) is 5. The zero-order valence-corrected chi connectivity index (χ0v) is 24.5. The predicted molar refractivity (Wildman–Crippen MR) is 165 cm³/mol. The Morgan fingerprint density at radius 1 is 1.00 bits per heavy atom. The number of nitrogens with two attached hydrogens (primary N) is 1. The molecule has 1 amide bonds. The van der Waals surface area contributed by atoms with E-state index in [1.807, 2.05) is 0 Å². The van der Waals surface area contributed by atoms with Crippen molar-refractivity contribution in [3.05, 3.63) is 100 Å². The molecule has 0 atom stereocenters. The number of carbonyl (C=O) groups excluding carboxylic acids is 1. The molecule has 1 aliphatic heterocycles. The number of amides is 1. The van der Waals surface area contributed by atoms with E-state index >= 15 is 4.39 Å². The van der Waals surface area contributed by atoms with Crippen molar-refractivity contribution in [2.24, 2.45) is 0 Å². The lowest BCUT2D eigenvalue weighted by molar-refractivity contribution is 0.102. The number of halogens is 2. The maximum atomic E-state index is 15.1. The molecule has 0 unspecified atom stereocenters. The molecule has 5 rings (SSSR count). The highest BCUT2D eigenvalue weighted by Gasteiger charge is 2.18. The summed E-state index contributed by atoms with van der Waals surface area (Å²) in [6.45, 7) is 5.75. The number of aromatic nitrogens is 3. The van der Waals surface area contributed by atoms with Gasteiger partial charge < -0.3 is 20.5 Å². The standard InChI is InChI=1S/C32H31F2N7O4/c1-44-20-19-40-17-15-39(16-18-40)14-2-3-25-28(11-12-36-30(25)35)45-29-9-6-23(21-27(29)34)38-31(42)26-10-13-37-41(32(26)43)24-7-4-22(33)5-8-24/h4-13,21H,14-20H2,1H3,(H2,35,36)(H,38,42). The lowest BCUT2D eigenvalue weighted by Crippen LogP contribution is -2.47. The molecule has 0 saturated carbocycles. The van der Waals surface area contributed by atoms with Crippen molar-refractivity contribution in [3.8, 4) is 29.0 Å². The van der Waals surface area contributed by atoms with Crippen molar-refractivity contribution in [2.45, 2.75) is 0 Å². The number of rotatable bonds is 9. The average molecular weight is 616 g/mol. The van der Waals surface area contributed by atoms with Gasteiger partial charge in [0.25, 0.3) is 11.5 Å². The number of piperazine rings is 1. The number of hydrogen-bond acceptors (Lipinski definition) is 9. The monoisotopic (exact) mass is 615 g/mol. The quantitative estimate of drug-likeness (QED) is 0.273. The van der Waals surface area contributed by atoms with Gasteiger partial charge >= 0.3 is 0 Å². The van der Waals surface area contributed by atoms with Crippen molar-refractivity contribution in [2.75, 3.05) is 64.0 Å². The van der Waals surface area contributed by atoms with Gasteiger partial charge in [0.15, 0.2) is 11.6 Å². The minimum Gasteiger partial charge on any atom is -0.453 e. The van der Waals surface area contributed by atoms with E-state index in [9.17, 15) is 14.0 Å². The van der Waals surface area contributed by atoms with Gasteiger partial charge in [-0.25, -0.2) is 13.8 Å². The first-order valence-electron chi connectivity index (χ1n) is 14.1. The number of hydrogen-bond donors (Lipinski definition) is 2. The highest BCUT2D eigenvalue weighted by Crippen LogP contribution is 2.30.